The van der Waals surface area contributed by atoms with Gasteiger partial charge in [-0.05, 0) is 36.8 Å². The minimum Gasteiger partial charge on any atom is -0.424 e. The number of hydrogen-bond acceptors (Lipinski definition) is 6. The van der Waals surface area contributed by atoms with Crippen LogP contribution in [0.25, 0.3) is 11.0 Å². The predicted octanol–water partition coefficient (Wildman–Crippen LogP) is 3.10. The van der Waals surface area contributed by atoms with Gasteiger partial charge in [0.1, 0.15) is 11.4 Å². The smallest absolute Gasteiger partial charge is 0.321 e. The molecule has 8 nitrogen and oxygen atoms in total. The molecule has 128 valence electrons. The van der Waals surface area contributed by atoms with E-state index in [0.29, 0.717) is 17.1 Å². The fourth-order valence-electron chi connectivity index (χ4n) is 2.37. The van der Waals surface area contributed by atoms with Crippen molar-refractivity contribution in [1.82, 2.24) is 25.1 Å². The number of H-pyrrole nitrogens is 1. The first-order chi connectivity index (χ1) is 12.7. The molecule has 0 radical (unpaired) electrons. The lowest BCUT2D eigenvalue weighted by Gasteiger charge is -2.10. The Labute approximate surface area is 148 Å². The summed E-state index contributed by atoms with van der Waals surface area (Å²) in [6, 6.07) is 10.7. The zero-order chi connectivity index (χ0) is 17.9. The third-order valence-electron chi connectivity index (χ3n) is 3.72. The zero-order valence-corrected chi connectivity index (χ0v) is 13.8. The van der Waals surface area contributed by atoms with Crippen molar-refractivity contribution in [3.8, 4) is 11.8 Å². The molecule has 0 saturated carbocycles. The molecular formula is C18H14N6O2. The van der Waals surface area contributed by atoms with Crippen molar-refractivity contribution < 1.29 is 9.53 Å². The van der Waals surface area contributed by atoms with Gasteiger partial charge in [0.25, 0.3) is 5.91 Å². The van der Waals surface area contributed by atoms with Crippen LogP contribution >= 0.6 is 0 Å². The molecule has 0 atom stereocenters. The fraction of sp³-hybridized carbons (Fsp3) is 0.0556. The number of carbonyl (C=O) groups excluding carboxylic acids is 1. The predicted molar refractivity (Wildman–Crippen MR) is 95.1 cm³/mol. The van der Waals surface area contributed by atoms with Gasteiger partial charge in [0.05, 0.1) is 6.20 Å². The number of nitrogens with zero attached hydrogens (tertiary/aromatic N) is 4. The number of benzene rings is 1. The second-order valence-electron chi connectivity index (χ2n) is 5.57. The Morgan fingerprint density at radius 1 is 1.15 bits per heavy atom. The molecule has 0 spiro atoms. The maximum atomic E-state index is 12.5. The average molecular weight is 346 g/mol. The van der Waals surface area contributed by atoms with Gasteiger partial charge < -0.3 is 10.1 Å². The standard InChI is InChI=1S/C18H14N6O2/c1-11-3-5-13(9-15(11)26-18-19-7-2-8-20-18)22-17(25)14-6-4-12-10-21-24-16(12)23-14/h2-10H,1H3,(H,22,25)(H,21,23,24). The molecule has 4 rings (SSSR count). The van der Waals surface area contributed by atoms with E-state index >= 15 is 0 Å². The monoisotopic (exact) mass is 346 g/mol. The van der Waals surface area contributed by atoms with Crippen LogP contribution in [0.15, 0.2) is 55.0 Å². The van der Waals surface area contributed by atoms with E-state index in [1.54, 1.807) is 48.9 Å². The second-order valence-corrected chi connectivity index (χ2v) is 5.57. The van der Waals surface area contributed by atoms with Gasteiger partial charge >= 0.3 is 6.01 Å². The lowest BCUT2D eigenvalue weighted by atomic mass is 10.2. The van der Waals surface area contributed by atoms with Crippen molar-refractivity contribution in [3.63, 3.8) is 0 Å². The fourth-order valence-corrected chi connectivity index (χ4v) is 2.37. The second kappa shape index (κ2) is 6.60. The normalized spacial score (nSPS) is 10.7. The Morgan fingerprint density at radius 3 is 2.85 bits per heavy atom. The van der Waals surface area contributed by atoms with E-state index in [1.165, 1.54) is 0 Å². The van der Waals surface area contributed by atoms with Gasteiger partial charge in [-0.15, -0.1) is 0 Å². The third-order valence-corrected chi connectivity index (χ3v) is 3.72. The molecule has 4 aromatic rings. The van der Waals surface area contributed by atoms with Crippen LogP contribution in [0.1, 0.15) is 16.1 Å². The molecule has 8 heteroatoms. The maximum Gasteiger partial charge on any atom is 0.321 e. The Morgan fingerprint density at radius 2 is 2.00 bits per heavy atom. The van der Waals surface area contributed by atoms with E-state index in [1.807, 2.05) is 13.0 Å². The van der Waals surface area contributed by atoms with E-state index in [4.69, 9.17) is 4.74 Å². The van der Waals surface area contributed by atoms with Crippen molar-refractivity contribution in [2.24, 2.45) is 0 Å². The summed E-state index contributed by atoms with van der Waals surface area (Å²) in [5.74, 6) is 0.234. The van der Waals surface area contributed by atoms with E-state index in [9.17, 15) is 4.79 Å². The number of ether oxygens (including phenoxy) is 1. The van der Waals surface area contributed by atoms with Gasteiger partial charge in [0.2, 0.25) is 0 Å². The largest absolute Gasteiger partial charge is 0.424 e. The molecule has 1 aromatic carbocycles. The Balaban J connectivity index is 1.55. The number of amides is 1. The van der Waals surface area contributed by atoms with Gasteiger partial charge in [-0.3, -0.25) is 9.89 Å². The summed E-state index contributed by atoms with van der Waals surface area (Å²) in [6.45, 7) is 1.90. The molecule has 3 aromatic heterocycles. The highest BCUT2D eigenvalue weighted by atomic mass is 16.5. The number of fused-ring (bicyclic) bond motifs is 1. The maximum absolute atomic E-state index is 12.5. The number of anilines is 1. The van der Waals surface area contributed by atoms with Crippen LogP contribution in [0.5, 0.6) is 11.8 Å². The van der Waals surface area contributed by atoms with Crippen LogP contribution in [-0.2, 0) is 0 Å². The summed E-state index contributed by atoms with van der Waals surface area (Å²) in [6.07, 6.45) is 4.85. The zero-order valence-electron chi connectivity index (χ0n) is 13.8. The number of aromatic amines is 1. The number of aryl methyl sites for hydroxylation is 1. The third kappa shape index (κ3) is 3.20. The first-order valence-electron chi connectivity index (χ1n) is 7.86. The van der Waals surface area contributed by atoms with Crippen LogP contribution in [0.4, 0.5) is 5.69 Å². The summed E-state index contributed by atoms with van der Waals surface area (Å²) in [5, 5.41) is 10.3. The summed E-state index contributed by atoms with van der Waals surface area (Å²) < 4.78 is 5.68. The number of nitrogens with one attached hydrogen (secondary N) is 2. The van der Waals surface area contributed by atoms with Crippen LogP contribution in [-0.4, -0.2) is 31.1 Å². The van der Waals surface area contributed by atoms with Crippen molar-refractivity contribution in [1.29, 1.82) is 0 Å². The van der Waals surface area contributed by atoms with E-state index < -0.39 is 0 Å². The Hall–Kier alpha value is -3.81. The lowest BCUT2D eigenvalue weighted by Crippen LogP contribution is -2.13. The number of rotatable bonds is 4. The number of carbonyl (C=O) groups is 1. The van der Waals surface area contributed by atoms with E-state index in [-0.39, 0.29) is 17.6 Å². The Bertz CT molecular complexity index is 1080. The highest BCUT2D eigenvalue weighted by Gasteiger charge is 2.11. The van der Waals surface area contributed by atoms with Crippen molar-refractivity contribution in [2.75, 3.05) is 5.32 Å². The quantitative estimate of drug-likeness (QED) is 0.588. The minimum absolute atomic E-state index is 0.241. The van der Waals surface area contributed by atoms with Crippen LogP contribution in [0.2, 0.25) is 0 Å². The van der Waals surface area contributed by atoms with Gasteiger partial charge in [-0.1, -0.05) is 6.07 Å². The molecule has 0 aliphatic carbocycles. The molecule has 0 aliphatic heterocycles. The molecule has 26 heavy (non-hydrogen) atoms. The van der Waals surface area contributed by atoms with E-state index in [2.05, 4.69) is 30.5 Å². The minimum atomic E-state index is -0.327. The van der Waals surface area contributed by atoms with Crippen LogP contribution < -0.4 is 10.1 Å². The lowest BCUT2D eigenvalue weighted by molar-refractivity contribution is 0.102. The highest BCUT2D eigenvalue weighted by Crippen LogP contribution is 2.26. The SMILES string of the molecule is Cc1ccc(NC(=O)c2ccc3cn[nH]c3n2)cc1Oc1ncccn1. The average Bonchev–Trinajstić information content (AvgIpc) is 3.13. The van der Waals surface area contributed by atoms with Gasteiger partial charge in [-0.25, -0.2) is 15.0 Å². The molecule has 0 bridgehead atoms. The first kappa shape index (κ1) is 15.7. The number of aromatic nitrogens is 5. The highest BCUT2D eigenvalue weighted by molar-refractivity contribution is 6.03. The molecule has 0 saturated heterocycles. The summed E-state index contributed by atoms with van der Waals surface area (Å²) >= 11 is 0. The molecule has 0 fully saturated rings. The van der Waals surface area contributed by atoms with Crippen molar-refractivity contribution in [3.05, 3.63) is 66.2 Å². The number of hydrogen-bond donors (Lipinski definition) is 2. The number of pyridine rings is 1. The van der Waals surface area contributed by atoms with Gasteiger partial charge in [0, 0.05) is 29.5 Å². The molecule has 0 unspecified atom stereocenters. The van der Waals surface area contributed by atoms with Crippen molar-refractivity contribution >= 4 is 22.6 Å². The van der Waals surface area contributed by atoms with Crippen LogP contribution in [0, 0.1) is 6.92 Å². The summed E-state index contributed by atoms with van der Waals surface area (Å²) in [5.41, 5.74) is 2.33. The summed E-state index contributed by atoms with van der Waals surface area (Å²) in [7, 11) is 0. The van der Waals surface area contributed by atoms with E-state index in [0.717, 1.165) is 10.9 Å². The van der Waals surface area contributed by atoms with Crippen molar-refractivity contribution in [2.45, 2.75) is 6.92 Å². The van der Waals surface area contributed by atoms with Gasteiger partial charge in [0.15, 0.2) is 5.65 Å². The molecule has 2 N–H and O–H groups in total. The summed E-state index contributed by atoms with van der Waals surface area (Å²) in [4.78, 5) is 24.8. The molecular weight excluding hydrogens is 332 g/mol. The van der Waals surface area contributed by atoms with Crippen LogP contribution in [0.3, 0.4) is 0 Å². The molecule has 3 heterocycles. The first-order valence-corrected chi connectivity index (χ1v) is 7.86. The van der Waals surface area contributed by atoms with Gasteiger partial charge in [-0.2, -0.15) is 5.10 Å². The molecule has 0 aliphatic rings. The molecule has 1 amide bonds. The topological polar surface area (TPSA) is 106 Å². The Kier molecular flexibility index (Phi) is 3.98.